The van der Waals surface area contributed by atoms with Crippen molar-refractivity contribution in [3.05, 3.63) is 96.1 Å². The first-order valence-corrected chi connectivity index (χ1v) is 10.4. The van der Waals surface area contributed by atoms with Gasteiger partial charge in [-0.1, -0.05) is 60.7 Å². The molecule has 0 N–H and O–H groups in total. The van der Waals surface area contributed by atoms with Gasteiger partial charge in [-0.3, -0.25) is 19.7 Å². The Morgan fingerprint density at radius 1 is 0.839 bits per heavy atom. The van der Waals surface area contributed by atoms with Crippen molar-refractivity contribution in [3.8, 4) is 5.75 Å². The Labute approximate surface area is 181 Å². The molecule has 0 aromatic heterocycles. The van der Waals surface area contributed by atoms with Crippen LogP contribution in [0.25, 0.3) is 0 Å². The summed E-state index contributed by atoms with van der Waals surface area (Å²) in [5, 5.41) is 0. The van der Waals surface area contributed by atoms with Gasteiger partial charge in [-0.15, -0.1) is 0 Å². The maximum absolute atomic E-state index is 13.7. The maximum Gasteiger partial charge on any atom is 0.273 e. The van der Waals surface area contributed by atoms with Gasteiger partial charge in [-0.05, 0) is 35.4 Å². The van der Waals surface area contributed by atoms with Gasteiger partial charge in [0.2, 0.25) is 0 Å². The quantitative estimate of drug-likeness (QED) is 0.644. The molecule has 1 fully saturated rings. The molecule has 0 radical (unpaired) electrons. The summed E-state index contributed by atoms with van der Waals surface area (Å²) in [6.45, 7) is 1.09. The predicted molar refractivity (Wildman–Crippen MR) is 123 cm³/mol. The van der Waals surface area contributed by atoms with Crippen LogP contribution in [0.4, 0.5) is 5.69 Å². The number of benzene rings is 3. The van der Waals surface area contributed by atoms with Crippen LogP contribution >= 0.6 is 0 Å². The second-order valence-electron chi connectivity index (χ2n) is 7.61. The number of nitrogens with zero attached hydrogens (tertiary/aromatic N) is 3. The minimum absolute atomic E-state index is 0.0606. The molecule has 2 aliphatic heterocycles. The molecular formula is C26H23N3O2. The molecule has 31 heavy (non-hydrogen) atoms. The number of hydrogen-bond acceptors (Lipinski definition) is 4. The summed E-state index contributed by atoms with van der Waals surface area (Å²) in [6, 6.07) is 27.6. The number of rotatable bonds is 4. The minimum atomic E-state index is -0.263. The zero-order valence-electron chi connectivity index (χ0n) is 17.3. The van der Waals surface area contributed by atoms with Crippen molar-refractivity contribution < 1.29 is 9.53 Å². The van der Waals surface area contributed by atoms with Gasteiger partial charge in [-0.2, -0.15) is 0 Å². The fourth-order valence-corrected chi connectivity index (χ4v) is 4.48. The first-order valence-electron chi connectivity index (χ1n) is 10.4. The van der Waals surface area contributed by atoms with Crippen LogP contribution in [0.3, 0.4) is 0 Å². The van der Waals surface area contributed by atoms with E-state index in [4.69, 9.17) is 14.7 Å². The molecule has 3 aromatic carbocycles. The van der Waals surface area contributed by atoms with Gasteiger partial charge >= 0.3 is 0 Å². The van der Waals surface area contributed by atoms with Crippen LogP contribution in [0, 0.1) is 5.92 Å². The zero-order chi connectivity index (χ0) is 21.2. The van der Waals surface area contributed by atoms with Gasteiger partial charge in [-0.25, -0.2) is 0 Å². The first-order chi connectivity index (χ1) is 15.3. The highest BCUT2D eigenvalue weighted by atomic mass is 16.5. The molecule has 0 saturated carbocycles. The number of para-hydroxylation sites is 1. The normalized spacial score (nSPS) is 20.5. The van der Waals surface area contributed by atoms with Gasteiger partial charge in [0.05, 0.1) is 37.9 Å². The molecule has 154 valence electrons. The molecule has 5 rings (SSSR count). The molecule has 2 heterocycles. The molecule has 5 heteroatoms. The van der Waals surface area contributed by atoms with Crippen LogP contribution in [0.2, 0.25) is 0 Å². The molecule has 0 unspecified atom stereocenters. The number of ether oxygens (including phenoxy) is 1. The fourth-order valence-electron chi connectivity index (χ4n) is 4.48. The van der Waals surface area contributed by atoms with E-state index in [9.17, 15) is 4.79 Å². The number of methoxy groups -OCH3 is 1. The van der Waals surface area contributed by atoms with E-state index in [0.717, 1.165) is 28.3 Å². The van der Waals surface area contributed by atoms with Crippen LogP contribution < -0.4 is 9.64 Å². The Morgan fingerprint density at radius 3 is 2.23 bits per heavy atom. The average Bonchev–Trinajstić information content (AvgIpc) is 2.97. The van der Waals surface area contributed by atoms with Crippen molar-refractivity contribution in [2.75, 3.05) is 25.1 Å². The predicted octanol–water partition coefficient (Wildman–Crippen LogP) is 4.34. The summed E-state index contributed by atoms with van der Waals surface area (Å²) in [6.07, 6.45) is 0. The monoisotopic (exact) mass is 409 g/mol. The van der Waals surface area contributed by atoms with E-state index < -0.39 is 0 Å². The lowest BCUT2D eigenvalue weighted by Gasteiger charge is -2.29. The lowest BCUT2D eigenvalue weighted by atomic mass is 9.85. The van der Waals surface area contributed by atoms with Crippen molar-refractivity contribution in [2.24, 2.45) is 15.9 Å². The standard InChI is InChI=1S/C26H23N3O2/c1-31-21-14-8-11-19(17-21)25-22-23(18-9-4-2-5-10-18)27-15-16-28-24(22)26(30)29(25)20-12-6-3-7-13-20/h2-14,17,22,25H,15-16H2,1H3/t22-,25+/m0/s1. The summed E-state index contributed by atoms with van der Waals surface area (Å²) in [7, 11) is 1.66. The van der Waals surface area contributed by atoms with E-state index in [1.54, 1.807) is 7.11 Å². The molecule has 3 aromatic rings. The highest BCUT2D eigenvalue weighted by molar-refractivity contribution is 6.51. The molecule has 0 aliphatic carbocycles. The average molecular weight is 409 g/mol. The van der Waals surface area contributed by atoms with Gasteiger partial charge in [0.15, 0.2) is 0 Å². The van der Waals surface area contributed by atoms with Gasteiger partial charge < -0.3 is 4.74 Å². The third-order valence-electron chi connectivity index (χ3n) is 5.82. The van der Waals surface area contributed by atoms with Crippen LogP contribution in [-0.2, 0) is 4.79 Å². The van der Waals surface area contributed by atoms with E-state index in [1.807, 2.05) is 77.7 Å². The smallest absolute Gasteiger partial charge is 0.273 e. The third-order valence-corrected chi connectivity index (χ3v) is 5.82. The summed E-state index contributed by atoms with van der Waals surface area (Å²) in [5.41, 5.74) is 4.37. The van der Waals surface area contributed by atoms with E-state index in [1.165, 1.54) is 0 Å². The van der Waals surface area contributed by atoms with Crippen LogP contribution in [-0.4, -0.2) is 37.5 Å². The topological polar surface area (TPSA) is 54.3 Å². The summed E-state index contributed by atoms with van der Waals surface area (Å²) >= 11 is 0. The molecule has 5 nitrogen and oxygen atoms in total. The Kier molecular flexibility index (Phi) is 5.08. The van der Waals surface area contributed by atoms with E-state index in [2.05, 4.69) is 12.1 Å². The second-order valence-corrected chi connectivity index (χ2v) is 7.61. The number of carbonyl (C=O) groups is 1. The molecule has 1 saturated heterocycles. The summed E-state index contributed by atoms with van der Waals surface area (Å²) in [4.78, 5) is 25.2. The number of fused-ring (bicyclic) bond motifs is 1. The maximum atomic E-state index is 13.7. The van der Waals surface area contributed by atoms with Gasteiger partial charge in [0.1, 0.15) is 11.5 Å². The zero-order valence-corrected chi connectivity index (χ0v) is 17.3. The van der Waals surface area contributed by atoms with Gasteiger partial charge in [0.25, 0.3) is 5.91 Å². The SMILES string of the molecule is COc1cccc([C@@H]2[C@@H]3C(=NCCN=C3c3ccccc3)C(=O)N2c2ccccc2)c1. The Morgan fingerprint density at radius 2 is 1.52 bits per heavy atom. The molecular weight excluding hydrogens is 386 g/mol. The lowest BCUT2D eigenvalue weighted by molar-refractivity contribution is -0.112. The van der Waals surface area contributed by atoms with Crippen molar-refractivity contribution in [3.63, 3.8) is 0 Å². The first kappa shape index (κ1) is 19.2. The van der Waals surface area contributed by atoms with Gasteiger partial charge in [0, 0.05) is 5.69 Å². The summed E-state index contributed by atoms with van der Waals surface area (Å²) in [5.74, 6) is 0.439. The molecule has 2 atom stereocenters. The van der Waals surface area contributed by atoms with Crippen molar-refractivity contribution in [1.82, 2.24) is 0 Å². The number of aliphatic imine (C=N–C) groups is 2. The molecule has 0 bridgehead atoms. The van der Waals surface area contributed by atoms with E-state index in [0.29, 0.717) is 18.8 Å². The summed E-state index contributed by atoms with van der Waals surface area (Å²) < 4.78 is 5.49. The van der Waals surface area contributed by atoms with Crippen molar-refractivity contribution >= 4 is 23.0 Å². The third kappa shape index (κ3) is 3.42. The van der Waals surface area contributed by atoms with Crippen molar-refractivity contribution in [2.45, 2.75) is 6.04 Å². The van der Waals surface area contributed by atoms with Crippen molar-refractivity contribution in [1.29, 1.82) is 0 Å². The lowest BCUT2D eigenvalue weighted by Crippen LogP contribution is -2.31. The van der Waals surface area contributed by atoms with Crippen LogP contribution in [0.5, 0.6) is 5.75 Å². The second kappa shape index (κ2) is 8.19. The van der Waals surface area contributed by atoms with Crippen LogP contribution in [0.1, 0.15) is 17.2 Å². The Hall–Kier alpha value is -3.73. The number of anilines is 1. The molecule has 2 aliphatic rings. The number of carbonyl (C=O) groups excluding carboxylic acids is 1. The Bertz CT molecular complexity index is 1160. The number of amides is 1. The largest absolute Gasteiger partial charge is 0.497 e. The minimum Gasteiger partial charge on any atom is -0.497 e. The highest BCUT2D eigenvalue weighted by Gasteiger charge is 2.49. The van der Waals surface area contributed by atoms with E-state index >= 15 is 0 Å². The number of hydrogen-bond donors (Lipinski definition) is 0. The highest BCUT2D eigenvalue weighted by Crippen LogP contribution is 2.43. The molecule has 0 spiro atoms. The Balaban J connectivity index is 1.72. The van der Waals surface area contributed by atoms with E-state index in [-0.39, 0.29) is 17.9 Å². The van der Waals surface area contributed by atoms with Crippen LogP contribution in [0.15, 0.2) is 94.9 Å². The molecule has 1 amide bonds. The fraction of sp³-hybridized carbons (Fsp3) is 0.192.